The van der Waals surface area contributed by atoms with E-state index < -0.39 is 97.5 Å². The molecule has 408 valence electrons. The summed E-state index contributed by atoms with van der Waals surface area (Å²) >= 11 is 0. The Morgan fingerprint density at radius 1 is 0.391 bits per heavy atom. The lowest BCUT2D eigenvalue weighted by molar-refractivity contribution is -0.161. The first kappa shape index (κ1) is 67.1. The van der Waals surface area contributed by atoms with Crippen molar-refractivity contribution in [1.82, 2.24) is 0 Å². The molecular weight excluding hydrogens is 934 g/mol. The van der Waals surface area contributed by atoms with E-state index in [2.05, 4.69) is 34.6 Å². The van der Waals surface area contributed by atoms with E-state index >= 15 is 0 Å². The summed E-state index contributed by atoms with van der Waals surface area (Å²) in [6.45, 7) is 6.82. The number of carbonyl (C=O) groups is 4. The Kier molecular flexibility index (Phi) is 43.5. The van der Waals surface area contributed by atoms with Gasteiger partial charge >= 0.3 is 39.5 Å². The summed E-state index contributed by atoms with van der Waals surface area (Å²) in [5, 5.41) is 10.4. The van der Waals surface area contributed by atoms with Gasteiger partial charge in [0.05, 0.1) is 26.4 Å². The fourth-order valence-corrected chi connectivity index (χ4v) is 8.69. The first-order valence-electron chi connectivity index (χ1n) is 26.6. The molecule has 5 atom stereocenters. The SMILES string of the molecule is CCCCCCCCCCC(=O)OC[C@H](COP(=O)(O)OC[C@@H](O)COP(=O)(O)OC[C@@H](COC(=O)CCCCCCC)OC(=O)CCCCCCCCC)OC(=O)CCCCCCCCC(C)C. The van der Waals surface area contributed by atoms with Crippen molar-refractivity contribution in [2.24, 2.45) is 5.92 Å². The van der Waals surface area contributed by atoms with Crippen LogP contribution in [0.3, 0.4) is 0 Å². The van der Waals surface area contributed by atoms with Crippen LogP contribution in [-0.2, 0) is 65.4 Å². The number of rotatable bonds is 50. The van der Waals surface area contributed by atoms with Crippen molar-refractivity contribution >= 4 is 39.5 Å². The second-order valence-corrected chi connectivity index (χ2v) is 21.6. The van der Waals surface area contributed by atoms with Crippen molar-refractivity contribution < 1.29 is 80.2 Å². The topological polar surface area (TPSA) is 237 Å². The van der Waals surface area contributed by atoms with Crippen LogP contribution in [0.5, 0.6) is 0 Å². The summed E-state index contributed by atoms with van der Waals surface area (Å²) < 4.78 is 67.0. The quantitative estimate of drug-likeness (QED) is 0.0222. The predicted octanol–water partition coefficient (Wildman–Crippen LogP) is 12.3. The van der Waals surface area contributed by atoms with Gasteiger partial charge in [-0.3, -0.25) is 37.3 Å². The number of carbonyl (C=O) groups excluding carboxylic acids is 4. The molecule has 19 heteroatoms. The molecule has 0 aliphatic carbocycles. The summed E-state index contributed by atoms with van der Waals surface area (Å²) in [5.74, 6) is -1.51. The van der Waals surface area contributed by atoms with Crippen molar-refractivity contribution in [3.63, 3.8) is 0 Å². The summed E-state index contributed by atoms with van der Waals surface area (Å²) in [6, 6.07) is 0. The fraction of sp³-hybridized carbons (Fsp3) is 0.920. The Labute approximate surface area is 416 Å². The summed E-state index contributed by atoms with van der Waals surface area (Å²) in [7, 11) is -9.84. The maximum atomic E-state index is 12.8. The number of hydrogen-bond acceptors (Lipinski definition) is 15. The Balaban J connectivity index is 5.17. The van der Waals surface area contributed by atoms with Crippen LogP contribution in [0, 0.1) is 5.92 Å². The molecule has 0 fully saturated rings. The summed E-state index contributed by atoms with van der Waals surface area (Å²) in [6.07, 6.45) is 23.2. The van der Waals surface area contributed by atoms with Gasteiger partial charge in [0.15, 0.2) is 12.2 Å². The highest BCUT2D eigenvalue weighted by Crippen LogP contribution is 2.45. The van der Waals surface area contributed by atoms with Crippen molar-refractivity contribution in [2.75, 3.05) is 39.6 Å². The zero-order chi connectivity index (χ0) is 51.4. The highest BCUT2D eigenvalue weighted by Gasteiger charge is 2.30. The lowest BCUT2D eigenvalue weighted by Crippen LogP contribution is -2.30. The number of esters is 4. The van der Waals surface area contributed by atoms with Crippen LogP contribution in [0.1, 0.15) is 234 Å². The summed E-state index contributed by atoms with van der Waals surface area (Å²) in [5.41, 5.74) is 0. The highest BCUT2D eigenvalue weighted by molar-refractivity contribution is 7.47. The lowest BCUT2D eigenvalue weighted by atomic mass is 10.0. The van der Waals surface area contributed by atoms with E-state index in [1.165, 1.54) is 32.1 Å². The normalized spacial score (nSPS) is 14.7. The van der Waals surface area contributed by atoms with Gasteiger partial charge in [-0.2, -0.15) is 0 Å². The minimum atomic E-state index is -4.92. The molecule has 0 aromatic carbocycles. The van der Waals surface area contributed by atoms with Gasteiger partial charge in [-0.15, -0.1) is 0 Å². The molecule has 0 radical (unpaired) electrons. The first-order valence-corrected chi connectivity index (χ1v) is 29.6. The molecule has 0 aromatic heterocycles. The Morgan fingerprint density at radius 2 is 0.667 bits per heavy atom. The van der Waals surface area contributed by atoms with Gasteiger partial charge in [0, 0.05) is 25.7 Å². The summed E-state index contributed by atoms with van der Waals surface area (Å²) in [4.78, 5) is 71.0. The Hall–Kier alpha value is -1.94. The predicted molar refractivity (Wildman–Crippen MR) is 266 cm³/mol. The molecule has 17 nitrogen and oxygen atoms in total. The van der Waals surface area contributed by atoms with E-state index in [9.17, 15) is 43.2 Å². The van der Waals surface area contributed by atoms with Crippen LogP contribution in [0.4, 0.5) is 0 Å². The molecule has 0 amide bonds. The van der Waals surface area contributed by atoms with Crippen molar-refractivity contribution in [1.29, 1.82) is 0 Å². The molecular formula is C50H96O17P2. The molecule has 0 aliphatic heterocycles. The third-order valence-electron chi connectivity index (χ3n) is 11.3. The van der Waals surface area contributed by atoms with Gasteiger partial charge < -0.3 is 33.8 Å². The van der Waals surface area contributed by atoms with Crippen LogP contribution in [0.25, 0.3) is 0 Å². The first-order chi connectivity index (χ1) is 33.0. The Morgan fingerprint density at radius 3 is 0.986 bits per heavy atom. The van der Waals surface area contributed by atoms with E-state index in [4.69, 9.17) is 37.0 Å². The average molecular weight is 1030 g/mol. The molecule has 0 bridgehead atoms. The standard InChI is InChI=1S/C50H96O17P2/c1-6-9-12-15-17-19-24-29-34-48(53)61-40-46(67-50(55)36-31-26-21-20-23-27-32-43(4)5)42-65-69(58,59)63-38-44(51)37-62-68(56,57)64-41-45(39-60-47(52)33-28-22-14-11-8-3)66-49(54)35-30-25-18-16-13-10-7-2/h43-46,51H,6-42H2,1-5H3,(H,56,57)(H,58,59)/t44-,45+,46+/m0/s1. The number of ether oxygens (including phenoxy) is 4. The number of unbranched alkanes of at least 4 members (excludes halogenated alkanes) is 22. The van der Waals surface area contributed by atoms with E-state index in [-0.39, 0.29) is 25.7 Å². The molecule has 0 rings (SSSR count). The fourth-order valence-electron chi connectivity index (χ4n) is 7.11. The smallest absolute Gasteiger partial charge is 0.462 e. The molecule has 0 aliphatic rings. The van der Waals surface area contributed by atoms with Gasteiger partial charge in [0.25, 0.3) is 0 Å². The number of hydrogen-bond donors (Lipinski definition) is 3. The molecule has 0 saturated heterocycles. The second kappa shape index (κ2) is 44.7. The van der Waals surface area contributed by atoms with Crippen LogP contribution in [-0.4, -0.2) is 96.7 Å². The second-order valence-electron chi connectivity index (χ2n) is 18.7. The van der Waals surface area contributed by atoms with Crippen LogP contribution >= 0.6 is 15.6 Å². The van der Waals surface area contributed by atoms with Gasteiger partial charge in [-0.1, -0.05) is 182 Å². The van der Waals surface area contributed by atoms with Gasteiger partial charge in [0.2, 0.25) is 0 Å². The van der Waals surface area contributed by atoms with Gasteiger partial charge in [0.1, 0.15) is 19.3 Å². The Bertz CT molecular complexity index is 1380. The third kappa shape index (κ3) is 45.7. The van der Waals surface area contributed by atoms with E-state index in [0.717, 1.165) is 116 Å². The molecule has 0 saturated carbocycles. The monoisotopic (exact) mass is 1030 g/mol. The molecule has 0 spiro atoms. The third-order valence-corrected chi connectivity index (χ3v) is 13.2. The largest absolute Gasteiger partial charge is 0.472 e. The van der Waals surface area contributed by atoms with Crippen LogP contribution in [0.2, 0.25) is 0 Å². The average Bonchev–Trinajstić information content (AvgIpc) is 3.30. The molecule has 2 unspecified atom stereocenters. The maximum Gasteiger partial charge on any atom is 0.472 e. The zero-order valence-electron chi connectivity index (χ0n) is 43.4. The molecule has 69 heavy (non-hydrogen) atoms. The maximum absolute atomic E-state index is 12.8. The highest BCUT2D eigenvalue weighted by atomic mass is 31.2. The van der Waals surface area contributed by atoms with Crippen LogP contribution < -0.4 is 0 Å². The minimum absolute atomic E-state index is 0.102. The lowest BCUT2D eigenvalue weighted by Gasteiger charge is -2.21. The minimum Gasteiger partial charge on any atom is -0.462 e. The molecule has 0 aromatic rings. The van der Waals surface area contributed by atoms with Gasteiger partial charge in [-0.25, -0.2) is 9.13 Å². The zero-order valence-corrected chi connectivity index (χ0v) is 45.2. The van der Waals surface area contributed by atoms with Crippen LogP contribution in [0.15, 0.2) is 0 Å². The molecule has 0 heterocycles. The van der Waals surface area contributed by atoms with E-state index in [0.29, 0.717) is 31.6 Å². The van der Waals surface area contributed by atoms with Crippen molar-refractivity contribution in [3.05, 3.63) is 0 Å². The molecule has 3 N–H and O–H groups in total. The van der Waals surface area contributed by atoms with Gasteiger partial charge in [-0.05, 0) is 31.6 Å². The number of aliphatic hydroxyl groups is 1. The number of phosphoric ester groups is 2. The van der Waals surface area contributed by atoms with Crippen molar-refractivity contribution in [3.8, 4) is 0 Å². The van der Waals surface area contributed by atoms with E-state index in [1.807, 2.05) is 0 Å². The number of aliphatic hydroxyl groups excluding tert-OH is 1. The number of phosphoric acid groups is 2. The van der Waals surface area contributed by atoms with Crippen molar-refractivity contribution in [2.45, 2.75) is 252 Å². The van der Waals surface area contributed by atoms with E-state index in [1.54, 1.807) is 0 Å².